The van der Waals surface area contributed by atoms with Crippen molar-refractivity contribution in [3.8, 4) is 0 Å². The molecule has 0 radical (unpaired) electrons. The molecular weight excluding hydrogens is 359 g/mol. The van der Waals surface area contributed by atoms with Gasteiger partial charge in [-0.05, 0) is 37.6 Å². The highest BCUT2D eigenvalue weighted by Crippen LogP contribution is 2.36. The fraction of sp³-hybridized carbons (Fsp3) is 0.500. The molecular formula is C16H19ClF3N3O2. The third-order valence-electron chi connectivity index (χ3n) is 3.96. The number of alkyl halides is 3. The van der Waals surface area contributed by atoms with E-state index in [9.17, 15) is 22.8 Å². The molecule has 1 heterocycles. The second-order valence-corrected chi connectivity index (χ2v) is 6.39. The van der Waals surface area contributed by atoms with Crippen molar-refractivity contribution in [2.75, 3.05) is 32.0 Å². The number of hydrogen-bond acceptors (Lipinski definition) is 3. The molecule has 0 aliphatic carbocycles. The molecule has 1 aromatic rings. The summed E-state index contributed by atoms with van der Waals surface area (Å²) >= 11 is 5.54. The number of nitrogens with zero attached hydrogens (tertiary/aromatic N) is 1. The van der Waals surface area contributed by atoms with Crippen molar-refractivity contribution in [3.63, 3.8) is 0 Å². The molecule has 1 atom stereocenters. The van der Waals surface area contributed by atoms with Crippen molar-refractivity contribution in [1.29, 1.82) is 0 Å². The zero-order valence-corrected chi connectivity index (χ0v) is 14.4. The second kappa shape index (κ2) is 8.05. The van der Waals surface area contributed by atoms with Crippen LogP contribution in [-0.2, 0) is 15.8 Å². The van der Waals surface area contributed by atoms with E-state index in [-0.39, 0.29) is 24.1 Å². The minimum Gasteiger partial charge on any atom is -0.336 e. The highest BCUT2D eigenvalue weighted by atomic mass is 35.5. The van der Waals surface area contributed by atoms with Crippen LogP contribution < -0.4 is 10.6 Å². The van der Waals surface area contributed by atoms with E-state index < -0.39 is 22.7 Å². The van der Waals surface area contributed by atoms with Crippen LogP contribution in [0.15, 0.2) is 18.2 Å². The van der Waals surface area contributed by atoms with Gasteiger partial charge in [0.1, 0.15) is 0 Å². The number of likely N-dealkylation sites (N-methyl/N-ethyl adjacent to an activating group) is 1. The van der Waals surface area contributed by atoms with E-state index in [1.54, 1.807) is 0 Å². The zero-order valence-electron chi connectivity index (χ0n) is 13.6. The Labute approximate surface area is 148 Å². The van der Waals surface area contributed by atoms with Gasteiger partial charge in [-0.2, -0.15) is 13.2 Å². The van der Waals surface area contributed by atoms with Crippen LogP contribution in [0.2, 0.25) is 5.02 Å². The second-order valence-electron chi connectivity index (χ2n) is 5.98. The first-order valence-electron chi connectivity index (χ1n) is 7.81. The first-order chi connectivity index (χ1) is 11.7. The van der Waals surface area contributed by atoms with Gasteiger partial charge in [0.15, 0.2) is 0 Å². The third-order valence-corrected chi connectivity index (χ3v) is 4.29. The molecule has 2 rings (SSSR count). The number of amides is 2. The van der Waals surface area contributed by atoms with Gasteiger partial charge in [0.2, 0.25) is 11.8 Å². The number of anilines is 1. The number of benzene rings is 1. The number of carbonyl (C=O) groups is 2. The molecule has 1 aliphatic heterocycles. The van der Waals surface area contributed by atoms with Gasteiger partial charge in [-0.15, -0.1) is 0 Å². The molecule has 0 bridgehead atoms. The molecule has 25 heavy (non-hydrogen) atoms. The van der Waals surface area contributed by atoms with E-state index in [2.05, 4.69) is 10.6 Å². The van der Waals surface area contributed by atoms with Crippen LogP contribution in [0.5, 0.6) is 0 Å². The van der Waals surface area contributed by atoms with Crippen LogP contribution in [0.1, 0.15) is 18.4 Å². The molecule has 1 aromatic carbocycles. The van der Waals surface area contributed by atoms with Crippen molar-refractivity contribution in [2.45, 2.75) is 19.0 Å². The Morgan fingerprint density at radius 2 is 2.12 bits per heavy atom. The highest BCUT2D eigenvalue weighted by Gasteiger charge is 2.33. The number of nitrogens with one attached hydrogen (secondary N) is 2. The average Bonchev–Trinajstić information content (AvgIpc) is 2.55. The Hall–Kier alpha value is -1.80. The minimum atomic E-state index is -4.61. The molecule has 0 saturated carbocycles. The van der Waals surface area contributed by atoms with Crippen LogP contribution >= 0.6 is 11.6 Å². The van der Waals surface area contributed by atoms with E-state index in [1.807, 2.05) is 0 Å². The largest absolute Gasteiger partial charge is 0.417 e. The van der Waals surface area contributed by atoms with Crippen LogP contribution in [0.4, 0.5) is 18.9 Å². The van der Waals surface area contributed by atoms with E-state index >= 15 is 0 Å². The molecule has 0 spiro atoms. The average molecular weight is 378 g/mol. The third kappa shape index (κ3) is 5.34. The summed E-state index contributed by atoms with van der Waals surface area (Å²) in [4.78, 5) is 25.6. The van der Waals surface area contributed by atoms with E-state index in [0.717, 1.165) is 31.5 Å². The van der Waals surface area contributed by atoms with Gasteiger partial charge in [0.25, 0.3) is 0 Å². The summed E-state index contributed by atoms with van der Waals surface area (Å²) in [6, 6.07) is 3.12. The molecule has 1 saturated heterocycles. The Morgan fingerprint density at radius 1 is 1.40 bits per heavy atom. The van der Waals surface area contributed by atoms with Crippen molar-refractivity contribution < 1.29 is 22.8 Å². The number of carbonyl (C=O) groups excluding carboxylic acids is 2. The highest BCUT2D eigenvalue weighted by molar-refractivity contribution is 6.31. The molecule has 9 heteroatoms. The molecule has 0 aromatic heterocycles. The molecule has 5 nitrogen and oxygen atoms in total. The van der Waals surface area contributed by atoms with Crippen molar-refractivity contribution in [1.82, 2.24) is 10.2 Å². The topological polar surface area (TPSA) is 61.4 Å². The Balaban J connectivity index is 1.96. The Kier molecular flexibility index (Phi) is 6.29. The van der Waals surface area contributed by atoms with Crippen molar-refractivity contribution >= 4 is 29.1 Å². The van der Waals surface area contributed by atoms with Gasteiger partial charge >= 0.3 is 6.18 Å². The van der Waals surface area contributed by atoms with Gasteiger partial charge in [0, 0.05) is 19.3 Å². The summed E-state index contributed by atoms with van der Waals surface area (Å²) < 4.78 is 38.5. The van der Waals surface area contributed by atoms with E-state index in [0.29, 0.717) is 6.54 Å². The molecule has 138 valence electrons. The molecule has 1 fully saturated rings. The lowest BCUT2D eigenvalue weighted by molar-refractivity contribution is -0.137. The molecule has 1 aliphatic rings. The summed E-state index contributed by atoms with van der Waals surface area (Å²) in [6.45, 7) is 1.20. The van der Waals surface area contributed by atoms with E-state index in [1.165, 1.54) is 18.0 Å². The first kappa shape index (κ1) is 19.5. The quantitative estimate of drug-likeness (QED) is 0.848. The van der Waals surface area contributed by atoms with E-state index in [4.69, 9.17) is 11.6 Å². The normalized spacial score (nSPS) is 17.9. The SMILES string of the molecule is CN(CC(=O)Nc1ccc(Cl)c(C(F)(F)F)c1)C(=O)C1CCCNC1. The van der Waals surface area contributed by atoms with Crippen molar-refractivity contribution in [3.05, 3.63) is 28.8 Å². The van der Waals surface area contributed by atoms with Crippen LogP contribution in [0.3, 0.4) is 0 Å². The number of piperidine rings is 1. The summed E-state index contributed by atoms with van der Waals surface area (Å²) in [7, 11) is 1.50. The maximum Gasteiger partial charge on any atom is 0.417 e. The smallest absolute Gasteiger partial charge is 0.336 e. The molecule has 2 N–H and O–H groups in total. The fourth-order valence-corrected chi connectivity index (χ4v) is 2.91. The van der Waals surface area contributed by atoms with Crippen LogP contribution in [0, 0.1) is 5.92 Å². The summed E-state index contributed by atoms with van der Waals surface area (Å²) in [5.41, 5.74) is -1.05. The minimum absolute atomic E-state index is 0.0260. The van der Waals surface area contributed by atoms with Gasteiger partial charge in [0.05, 0.1) is 23.0 Å². The van der Waals surface area contributed by atoms with Gasteiger partial charge in [-0.3, -0.25) is 9.59 Å². The Morgan fingerprint density at radius 3 is 2.72 bits per heavy atom. The predicted octanol–water partition coefficient (Wildman–Crippen LogP) is 2.76. The van der Waals surface area contributed by atoms with Crippen LogP contribution in [-0.4, -0.2) is 43.4 Å². The fourth-order valence-electron chi connectivity index (χ4n) is 2.69. The van der Waals surface area contributed by atoms with Crippen LogP contribution in [0.25, 0.3) is 0 Å². The monoisotopic (exact) mass is 377 g/mol. The summed E-state index contributed by atoms with van der Waals surface area (Å²) in [5, 5.41) is 5.04. The Bertz CT molecular complexity index is 646. The maximum absolute atomic E-state index is 12.8. The van der Waals surface area contributed by atoms with Crippen molar-refractivity contribution in [2.24, 2.45) is 5.92 Å². The number of rotatable bonds is 4. The number of hydrogen-bond donors (Lipinski definition) is 2. The van der Waals surface area contributed by atoms with Gasteiger partial charge < -0.3 is 15.5 Å². The zero-order chi connectivity index (χ0) is 18.6. The van der Waals surface area contributed by atoms with Gasteiger partial charge in [-0.25, -0.2) is 0 Å². The first-order valence-corrected chi connectivity index (χ1v) is 8.18. The number of halogens is 4. The summed E-state index contributed by atoms with van der Waals surface area (Å²) in [5.74, 6) is -0.914. The lowest BCUT2D eigenvalue weighted by Gasteiger charge is -2.26. The standard InChI is InChI=1S/C16H19ClF3N3O2/c1-23(15(25)10-3-2-6-21-8-10)9-14(24)22-11-4-5-13(17)12(7-11)16(18,19)20/h4-5,7,10,21H,2-3,6,8-9H2,1H3,(H,22,24). The predicted molar refractivity (Wildman–Crippen MR) is 88.3 cm³/mol. The lowest BCUT2D eigenvalue weighted by atomic mass is 9.98. The lowest BCUT2D eigenvalue weighted by Crippen LogP contribution is -2.43. The summed E-state index contributed by atoms with van der Waals surface area (Å²) in [6.07, 6.45) is -2.97. The molecule has 1 unspecified atom stereocenters. The molecule has 2 amide bonds. The maximum atomic E-state index is 12.8. The van der Waals surface area contributed by atoms with Gasteiger partial charge in [-0.1, -0.05) is 11.6 Å².